The van der Waals surface area contributed by atoms with E-state index in [0.29, 0.717) is 0 Å². The van der Waals surface area contributed by atoms with Crippen LogP contribution in [0.4, 0.5) is 5.69 Å². The Hall–Kier alpha value is -0.540. The molecule has 0 saturated carbocycles. The monoisotopic (exact) mass is 254 g/mol. The molecule has 76 valence electrons. The number of benzene rings is 1. The van der Waals surface area contributed by atoms with Crippen molar-refractivity contribution in [2.45, 2.75) is 0 Å². The fraction of sp³-hybridized carbons (Fsp3) is 0.455. The number of anilines is 1. The van der Waals surface area contributed by atoms with Gasteiger partial charge >= 0.3 is 0 Å². The van der Waals surface area contributed by atoms with Gasteiger partial charge in [0, 0.05) is 42.8 Å². The van der Waals surface area contributed by atoms with E-state index in [1.165, 1.54) is 18.8 Å². The molecule has 1 aliphatic heterocycles. The topological polar surface area (TPSA) is 15.3 Å². The lowest BCUT2D eigenvalue weighted by Gasteiger charge is -2.32. The fourth-order valence-electron chi connectivity index (χ4n) is 1.67. The third-order valence-electron chi connectivity index (χ3n) is 2.67. The molecule has 14 heavy (non-hydrogen) atoms. The highest BCUT2D eigenvalue weighted by Crippen LogP contribution is 2.18. The van der Waals surface area contributed by atoms with E-state index in [-0.39, 0.29) is 0 Å². The van der Waals surface area contributed by atoms with Crippen molar-refractivity contribution in [1.29, 1.82) is 0 Å². The Morgan fingerprint density at radius 1 is 1.36 bits per heavy atom. The summed E-state index contributed by atoms with van der Waals surface area (Å²) in [4.78, 5) is 2.32. The van der Waals surface area contributed by atoms with Crippen LogP contribution in [0, 0.1) is 5.92 Å². The zero-order chi connectivity index (χ0) is 9.97. The third kappa shape index (κ3) is 2.28. The summed E-state index contributed by atoms with van der Waals surface area (Å²) in [5, 5.41) is 3.29. The number of hydrogen-bond acceptors (Lipinski definition) is 2. The maximum atomic E-state index is 3.44. The molecule has 0 bridgehead atoms. The SMILES string of the molecule is CN(CC1CNC1)c1ccc(Br)cc1. The Morgan fingerprint density at radius 2 is 2.00 bits per heavy atom. The lowest BCUT2D eigenvalue weighted by Crippen LogP contribution is -2.47. The molecule has 2 nitrogen and oxygen atoms in total. The third-order valence-corrected chi connectivity index (χ3v) is 3.19. The van der Waals surface area contributed by atoms with Crippen LogP contribution in [0.1, 0.15) is 0 Å². The van der Waals surface area contributed by atoms with E-state index in [9.17, 15) is 0 Å². The van der Waals surface area contributed by atoms with Gasteiger partial charge < -0.3 is 10.2 Å². The largest absolute Gasteiger partial charge is 0.374 e. The summed E-state index contributed by atoms with van der Waals surface area (Å²) in [7, 11) is 2.15. The van der Waals surface area contributed by atoms with Crippen molar-refractivity contribution in [3.8, 4) is 0 Å². The zero-order valence-corrected chi connectivity index (χ0v) is 9.92. The highest BCUT2D eigenvalue weighted by molar-refractivity contribution is 9.10. The van der Waals surface area contributed by atoms with Crippen molar-refractivity contribution in [2.24, 2.45) is 5.92 Å². The van der Waals surface area contributed by atoms with E-state index in [0.717, 1.165) is 16.9 Å². The standard InChI is InChI=1S/C11H15BrN2/c1-14(8-9-6-13-7-9)11-4-2-10(12)3-5-11/h2-5,9,13H,6-8H2,1H3. The van der Waals surface area contributed by atoms with E-state index in [1.54, 1.807) is 0 Å². The number of hydrogen-bond donors (Lipinski definition) is 1. The van der Waals surface area contributed by atoms with Crippen molar-refractivity contribution in [3.05, 3.63) is 28.7 Å². The van der Waals surface area contributed by atoms with Crippen LogP contribution in [0.25, 0.3) is 0 Å². The summed E-state index contributed by atoms with van der Waals surface area (Å²) in [6.07, 6.45) is 0. The van der Waals surface area contributed by atoms with Gasteiger partial charge in [-0.2, -0.15) is 0 Å². The normalized spacial score (nSPS) is 16.4. The molecule has 1 heterocycles. The summed E-state index contributed by atoms with van der Waals surface area (Å²) in [6.45, 7) is 3.48. The zero-order valence-electron chi connectivity index (χ0n) is 8.33. The molecule has 0 radical (unpaired) electrons. The highest BCUT2D eigenvalue weighted by Gasteiger charge is 2.18. The van der Waals surface area contributed by atoms with Gasteiger partial charge in [0.15, 0.2) is 0 Å². The lowest BCUT2D eigenvalue weighted by atomic mass is 10.0. The first-order chi connectivity index (χ1) is 6.75. The van der Waals surface area contributed by atoms with Crippen LogP contribution < -0.4 is 10.2 Å². The van der Waals surface area contributed by atoms with Crippen LogP contribution in [0.15, 0.2) is 28.7 Å². The summed E-state index contributed by atoms with van der Waals surface area (Å²) >= 11 is 3.44. The molecule has 3 heteroatoms. The second-order valence-electron chi connectivity index (χ2n) is 3.88. The van der Waals surface area contributed by atoms with Gasteiger partial charge in [0.25, 0.3) is 0 Å². The first kappa shape index (κ1) is 9.99. The van der Waals surface area contributed by atoms with Gasteiger partial charge in [-0.1, -0.05) is 15.9 Å². The minimum Gasteiger partial charge on any atom is -0.374 e. The maximum absolute atomic E-state index is 3.44. The molecular formula is C11H15BrN2. The lowest BCUT2D eigenvalue weighted by molar-refractivity contribution is 0.353. The minimum atomic E-state index is 0.823. The predicted molar refractivity (Wildman–Crippen MR) is 63.8 cm³/mol. The average Bonchev–Trinajstić information content (AvgIpc) is 2.12. The van der Waals surface area contributed by atoms with E-state index in [4.69, 9.17) is 0 Å². The number of nitrogens with zero attached hydrogens (tertiary/aromatic N) is 1. The molecule has 1 aromatic rings. The Morgan fingerprint density at radius 3 is 2.50 bits per heavy atom. The molecule has 0 unspecified atom stereocenters. The summed E-state index contributed by atoms with van der Waals surface area (Å²) in [5.41, 5.74) is 1.29. The predicted octanol–water partition coefficient (Wildman–Crippen LogP) is 2.10. The Kier molecular flexibility index (Phi) is 3.08. The first-order valence-electron chi connectivity index (χ1n) is 4.93. The van der Waals surface area contributed by atoms with Crippen molar-refractivity contribution in [1.82, 2.24) is 5.32 Å². The van der Waals surface area contributed by atoms with E-state index in [2.05, 4.69) is 57.5 Å². The number of nitrogens with one attached hydrogen (secondary N) is 1. The molecule has 1 saturated heterocycles. The Labute approximate surface area is 93.4 Å². The van der Waals surface area contributed by atoms with E-state index in [1.807, 2.05) is 0 Å². The smallest absolute Gasteiger partial charge is 0.0364 e. The molecule has 0 aliphatic carbocycles. The summed E-state index contributed by atoms with van der Waals surface area (Å²) in [6, 6.07) is 8.47. The fourth-order valence-corrected chi connectivity index (χ4v) is 1.93. The van der Waals surface area contributed by atoms with Crippen molar-refractivity contribution < 1.29 is 0 Å². The van der Waals surface area contributed by atoms with Gasteiger partial charge in [0.2, 0.25) is 0 Å². The van der Waals surface area contributed by atoms with Crippen LogP contribution in [0.3, 0.4) is 0 Å². The number of rotatable bonds is 3. The van der Waals surface area contributed by atoms with Crippen LogP contribution in [0.5, 0.6) is 0 Å². The second-order valence-corrected chi connectivity index (χ2v) is 4.80. The summed E-state index contributed by atoms with van der Waals surface area (Å²) < 4.78 is 1.14. The molecule has 1 aliphatic rings. The molecule has 0 spiro atoms. The first-order valence-corrected chi connectivity index (χ1v) is 5.72. The molecule has 0 amide bonds. The van der Waals surface area contributed by atoms with E-state index >= 15 is 0 Å². The second kappa shape index (κ2) is 4.32. The molecule has 1 N–H and O–H groups in total. The van der Waals surface area contributed by atoms with Crippen LogP contribution in [-0.2, 0) is 0 Å². The molecule has 1 fully saturated rings. The average molecular weight is 255 g/mol. The van der Waals surface area contributed by atoms with Gasteiger partial charge in [0.1, 0.15) is 0 Å². The van der Waals surface area contributed by atoms with Crippen LogP contribution >= 0.6 is 15.9 Å². The van der Waals surface area contributed by atoms with Crippen molar-refractivity contribution in [3.63, 3.8) is 0 Å². The molecular weight excluding hydrogens is 240 g/mol. The van der Waals surface area contributed by atoms with Gasteiger partial charge in [0.05, 0.1) is 0 Å². The Bertz CT molecular complexity index is 293. The summed E-state index contributed by atoms with van der Waals surface area (Å²) in [5.74, 6) is 0.823. The molecule has 0 atom stereocenters. The van der Waals surface area contributed by atoms with E-state index < -0.39 is 0 Å². The Balaban J connectivity index is 1.95. The van der Waals surface area contributed by atoms with Gasteiger partial charge in [-0.3, -0.25) is 0 Å². The number of halogens is 1. The molecule has 2 rings (SSSR count). The quantitative estimate of drug-likeness (QED) is 0.889. The van der Waals surface area contributed by atoms with Gasteiger partial charge in [-0.15, -0.1) is 0 Å². The van der Waals surface area contributed by atoms with Crippen LogP contribution in [0.2, 0.25) is 0 Å². The maximum Gasteiger partial charge on any atom is 0.0364 e. The van der Waals surface area contributed by atoms with Gasteiger partial charge in [-0.05, 0) is 24.3 Å². The molecule has 0 aromatic heterocycles. The van der Waals surface area contributed by atoms with Gasteiger partial charge in [-0.25, -0.2) is 0 Å². The van der Waals surface area contributed by atoms with Crippen molar-refractivity contribution in [2.75, 3.05) is 31.6 Å². The molecule has 1 aromatic carbocycles. The van der Waals surface area contributed by atoms with Crippen LogP contribution in [-0.4, -0.2) is 26.7 Å². The van der Waals surface area contributed by atoms with Crippen molar-refractivity contribution >= 4 is 21.6 Å². The minimum absolute atomic E-state index is 0.823. The highest BCUT2D eigenvalue weighted by atomic mass is 79.9.